The molecule has 0 aliphatic carbocycles. The normalized spacial score (nSPS) is 16.6. The van der Waals surface area contributed by atoms with E-state index in [9.17, 15) is 0 Å². The summed E-state index contributed by atoms with van der Waals surface area (Å²) in [6, 6.07) is 15.3. The number of hydrogen-bond donors (Lipinski definition) is 1. The summed E-state index contributed by atoms with van der Waals surface area (Å²) in [7, 11) is 0. The lowest BCUT2D eigenvalue weighted by Crippen LogP contribution is -2.48. The van der Waals surface area contributed by atoms with E-state index in [-0.39, 0.29) is 5.41 Å². The number of aryl methyl sites for hydroxylation is 1. The highest BCUT2D eigenvalue weighted by Gasteiger charge is 2.38. The van der Waals surface area contributed by atoms with E-state index in [2.05, 4.69) is 54.7 Å². The number of benzene rings is 2. The van der Waals surface area contributed by atoms with Gasteiger partial charge in [-0.2, -0.15) is 5.26 Å². The number of fused-ring (bicyclic) bond motifs is 1. The minimum atomic E-state index is -0.312. The van der Waals surface area contributed by atoms with Gasteiger partial charge in [0.15, 0.2) is 0 Å². The molecule has 0 saturated carbocycles. The smallest absolute Gasteiger partial charge is 0.116 e. The molecule has 0 unspecified atom stereocenters. The zero-order chi connectivity index (χ0) is 14.0. The highest BCUT2D eigenvalue weighted by molar-refractivity contribution is 5.83. The predicted octanol–water partition coefficient (Wildman–Crippen LogP) is 2.78. The molecule has 3 rings (SSSR count). The van der Waals surface area contributed by atoms with Crippen LogP contribution in [0.5, 0.6) is 0 Å². The molecule has 0 spiro atoms. The van der Waals surface area contributed by atoms with Crippen LogP contribution >= 0.6 is 0 Å². The predicted molar refractivity (Wildman–Crippen MR) is 79.3 cm³/mol. The maximum atomic E-state index is 9.13. The molecule has 2 aromatic carbocycles. The summed E-state index contributed by atoms with van der Waals surface area (Å²) < 4.78 is 5.14. The van der Waals surface area contributed by atoms with E-state index in [4.69, 9.17) is 10.00 Å². The lowest BCUT2D eigenvalue weighted by atomic mass is 9.88. The third kappa shape index (κ3) is 2.53. The zero-order valence-corrected chi connectivity index (χ0v) is 11.6. The molecule has 1 aliphatic heterocycles. The van der Waals surface area contributed by atoms with Crippen LogP contribution in [0.25, 0.3) is 10.8 Å². The summed E-state index contributed by atoms with van der Waals surface area (Å²) >= 11 is 0. The van der Waals surface area contributed by atoms with Gasteiger partial charge in [0.05, 0.1) is 19.3 Å². The summed E-state index contributed by atoms with van der Waals surface area (Å²) in [5.74, 6) is 0. The first-order valence-corrected chi connectivity index (χ1v) is 6.90. The summed E-state index contributed by atoms with van der Waals surface area (Å²) in [6.07, 6.45) is 0. The standard InChI is InChI=1S/C17H18N2O/c1-13-2-4-16-7-14(3-5-15(16)6-13)8-19-10-17(9-18)11-20-12-17/h2-7,19H,8,10-12H2,1H3. The Bertz CT molecular complexity index is 668. The van der Waals surface area contributed by atoms with E-state index in [0.717, 1.165) is 6.54 Å². The molecule has 102 valence electrons. The van der Waals surface area contributed by atoms with Gasteiger partial charge in [-0.05, 0) is 29.3 Å². The fourth-order valence-corrected chi connectivity index (χ4v) is 2.53. The van der Waals surface area contributed by atoms with E-state index in [0.29, 0.717) is 19.8 Å². The lowest BCUT2D eigenvalue weighted by Gasteiger charge is -2.35. The van der Waals surface area contributed by atoms with E-state index < -0.39 is 0 Å². The zero-order valence-electron chi connectivity index (χ0n) is 11.6. The SMILES string of the molecule is Cc1ccc2cc(CNCC3(C#N)COC3)ccc2c1. The molecule has 1 saturated heterocycles. The van der Waals surface area contributed by atoms with Crippen molar-refractivity contribution in [3.05, 3.63) is 47.5 Å². The average molecular weight is 266 g/mol. The van der Waals surface area contributed by atoms with Crippen molar-refractivity contribution in [1.29, 1.82) is 5.26 Å². The number of nitrogens with one attached hydrogen (secondary N) is 1. The average Bonchev–Trinajstić information content (AvgIpc) is 2.42. The molecule has 0 bridgehead atoms. The first-order valence-electron chi connectivity index (χ1n) is 6.90. The van der Waals surface area contributed by atoms with Gasteiger partial charge in [-0.3, -0.25) is 0 Å². The Morgan fingerprint density at radius 3 is 2.65 bits per heavy atom. The van der Waals surface area contributed by atoms with Crippen molar-refractivity contribution in [3.8, 4) is 6.07 Å². The second-order valence-electron chi connectivity index (χ2n) is 5.67. The molecule has 3 nitrogen and oxygen atoms in total. The van der Waals surface area contributed by atoms with E-state index in [1.54, 1.807) is 0 Å². The minimum Gasteiger partial charge on any atom is -0.378 e. The van der Waals surface area contributed by atoms with Crippen LogP contribution in [0.1, 0.15) is 11.1 Å². The van der Waals surface area contributed by atoms with Crippen molar-refractivity contribution in [1.82, 2.24) is 5.32 Å². The molecule has 0 aromatic heterocycles. The molecular weight excluding hydrogens is 248 g/mol. The van der Waals surface area contributed by atoms with Gasteiger partial charge in [0.1, 0.15) is 5.41 Å². The minimum absolute atomic E-state index is 0.312. The molecule has 0 amide bonds. The Morgan fingerprint density at radius 2 is 1.95 bits per heavy atom. The Labute approximate surface area is 119 Å². The van der Waals surface area contributed by atoms with Crippen LogP contribution in [0.15, 0.2) is 36.4 Å². The van der Waals surface area contributed by atoms with Gasteiger partial charge in [0.25, 0.3) is 0 Å². The monoisotopic (exact) mass is 266 g/mol. The fourth-order valence-electron chi connectivity index (χ4n) is 2.53. The Morgan fingerprint density at radius 1 is 1.20 bits per heavy atom. The summed E-state index contributed by atoms with van der Waals surface area (Å²) in [6.45, 7) is 4.68. The molecule has 3 heteroatoms. The van der Waals surface area contributed by atoms with Crippen molar-refractivity contribution in [2.24, 2.45) is 5.41 Å². The molecule has 1 fully saturated rings. The van der Waals surface area contributed by atoms with E-state index in [1.807, 2.05) is 0 Å². The van der Waals surface area contributed by atoms with Crippen LogP contribution in [0.3, 0.4) is 0 Å². The van der Waals surface area contributed by atoms with Gasteiger partial charge in [0, 0.05) is 13.1 Å². The van der Waals surface area contributed by atoms with Gasteiger partial charge >= 0.3 is 0 Å². The van der Waals surface area contributed by atoms with Crippen molar-refractivity contribution < 1.29 is 4.74 Å². The number of nitrogens with zero attached hydrogens (tertiary/aromatic N) is 1. The molecular formula is C17H18N2O. The topological polar surface area (TPSA) is 45.0 Å². The van der Waals surface area contributed by atoms with E-state index >= 15 is 0 Å². The van der Waals surface area contributed by atoms with Crippen LogP contribution in [0, 0.1) is 23.7 Å². The largest absolute Gasteiger partial charge is 0.378 e. The molecule has 0 radical (unpaired) electrons. The number of hydrogen-bond acceptors (Lipinski definition) is 3. The maximum absolute atomic E-state index is 9.13. The summed E-state index contributed by atoms with van der Waals surface area (Å²) in [5, 5.41) is 15.0. The molecule has 1 aliphatic rings. The van der Waals surface area contributed by atoms with Crippen LogP contribution < -0.4 is 5.32 Å². The van der Waals surface area contributed by atoms with Gasteiger partial charge in [-0.25, -0.2) is 0 Å². The van der Waals surface area contributed by atoms with Crippen molar-refractivity contribution in [3.63, 3.8) is 0 Å². The molecule has 1 heterocycles. The quantitative estimate of drug-likeness (QED) is 0.925. The molecule has 2 aromatic rings. The number of ether oxygens (including phenoxy) is 1. The van der Waals surface area contributed by atoms with Crippen LogP contribution in [-0.4, -0.2) is 19.8 Å². The highest BCUT2D eigenvalue weighted by atomic mass is 16.5. The van der Waals surface area contributed by atoms with Crippen LogP contribution in [0.4, 0.5) is 0 Å². The Hall–Kier alpha value is -1.89. The lowest BCUT2D eigenvalue weighted by molar-refractivity contribution is -0.0755. The van der Waals surface area contributed by atoms with Crippen LogP contribution in [-0.2, 0) is 11.3 Å². The van der Waals surface area contributed by atoms with Crippen LogP contribution in [0.2, 0.25) is 0 Å². The first kappa shape index (κ1) is 13.1. The van der Waals surface area contributed by atoms with Gasteiger partial charge in [-0.15, -0.1) is 0 Å². The van der Waals surface area contributed by atoms with Crippen molar-refractivity contribution in [2.45, 2.75) is 13.5 Å². The molecule has 1 N–H and O–H groups in total. The summed E-state index contributed by atoms with van der Waals surface area (Å²) in [5.41, 5.74) is 2.22. The fraction of sp³-hybridized carbons (Fsp3) is 0.353. The second kappa shape index (κ2) is 5.24. The molecule has 0 atom stereocenters. The third-order valence-electron chi connectivity index (χ3n) is 3.85. The van der Waals surface area contributed by atoms with Crippen molar-refractivity contribution in [2.75, 3.05) is 19.8 Å². The summed E-state index contributed by atoms with van der Waals surface area (Å²) in [4.78, 5) is 0. The highest BCUT2D eigenvalue weighted by Crippen LogP contribution is 2.25. The Balaban J connectivity index is 1.66. The third-order valence-corrected chi connectivity index (χ3v) is 3.85. The Kier molecular flexibility index (Phi) is 3.43. The van der Waals surface area contributed by atoms with Crippen molar-refractivity contribution >= 4 is 10.8 Å². The van der Waals surface area contributed by atoms with Gasteiger partial charge in [0.2, 0.25) is 0 Å². The second-order valence-corrected chi connectivity index (χ2v) is 5.67. The van der Waals surface area contributed by atoms with Gasteiger partial charge in [-0.1, -0.05) is 35.9 Å². The first-order chi connectivity index (χ1) is 9.71. The molecule has 20 heavy (non-hydrogen) atoms. The maximum Gasteiger partial charge on any atom is 0.116 e. The number of nitriles is 1. The van der Waals surface area contributed by atoms with Gasteiger partial charge < -0.3 is 10.1 Å². The van der Waals surface area contributed by atoms with E-state index in [1.165, 1.54) is 21.9 Å². The number of rotatable bonds is 4.